The van der Waals surface area contributed by atoms with Crippen LogP contribution in [0.5, 0.6) is 0 Å². The minimum Gasteiger partial charge on any atom is -0.392 e. The Morgan fingerprint density at radius 3 is 2.80 bits per heavy atom. The van der Waals surface area contributed by atoms with E-state index < -0.39 is 0 Å². The molecular formula is C14H26N4OS. The van der Waals surface area contributed by atoms with Crippen molar-refractivity contribution in [1.82, 2.24) is 14.8 Å². The fraction of sp³-hybridized carbons (Fsp3) is 0.786. The first-order valence-corrected chi connectivity index (χ1v) is 8.13. The summed E-state index contributed by atoms with van der Waals surface area (Å²) in [5.74, 6) is 0.760. The highest BCUT2D eigenvalue weighted by atomic mass is 32.1. The second-order valence-electron chi connectivity index (χ2n) is 5.95. The largest absolute Gasteiger partial charge is 0.392 e. The molecule has 1 unspecified atom stereocenters. The van der Waals surface area contributed by atoms with Crippen LogP contribution < -0.4 is 5.73 Å². The molecule has 0 spiro atoms. The third-order valence-electron chi connectivity index (χ3n) is 3.80. The van der Waals surface area contributed by atoms with Crippen LogP contribution in [0.2, 0.25) is 0 Å². The molecule has 1 saturated heterocycles. The molecule has 0 amide bonds. The maximum atomic E-state index is 9.42. The van der Waals surface area contributed by atoms with Gasteiger partial charge in [0.15, 0.2) is 5.13 Å². The normalized spacial score (nSPS) is 19.6. The minimum atomic E-state index is -0.217. The molecule has 2 heterocycles. The van der Waals surface area contributed by atoms with E-state index in [0.29, 0.717) is 5.13 Å². The second-order valence-corrected chi connectivity index (χ2v) is 7.10. The molecule has 0 saturated carbocycles. The van der Waals surface area contributed by atoms with Crippen molar-refractivity contribution in [2.24, 2.45) is 5.92 Å². The quantitative estimate of drug-likeness (QED) is 0.827. The van der Waals surface area contributed by atoms with Crippen LogP contribution in [0.15, 0.2) is 6.20 Å². The number of β-amino-alcohol motifs (C(OH)–C–C–N with tert-alkyl or cyclic N) is 1. The summed E-state index contributed by atoms with van der Waals surface area (Å²) in [6, 6.07) is 0. The third-order valence-corrected chi connectivity index (χ3v) is 4.61. The minimum absolute atomic E-state index is 0.217. The Morgan fingerprint density at radius 1 is 1.55 bits per heavy atom. The average Bonchev–Trinajstić information content (AvgIpc) is 2.76. The van der Waals surface area contributed by atoms with Crippen molar-refractivity contribution in [2.75, 3.05) is 39.0 Å². The van der Waals surface area contributed by atoms with Gasteiger partial charge in [-0.1, -0.05) is 0 Å². The van der Waals surface area contributed by atoms with Crippen molar-refractivity contribution in [3.63, 3.8) is 0 Å². The predicted molar refractivity (Wildman–Crippen MR) is 83.7 cm³/mol. The number of hydrogen-bond acceptors (Lipinski definition) is 6. The van der Waals surface area contributed by atoms with Crippen molar-refractivity contribution in [3.8, 4) is 0 Å². The molecule has 5 nitrogen and oxygen atoms in total. The lowest BCUT2D eigenvalue weighted by Crippen LogP contribution is -2.40. The SMILES string of the molecule is CC(O)CN1CCC(CN(C)Cc2cnc(N)s2)CC1. The number of aliphatic hydroxyl groups excluding tert-OH is 1. The van der Waals surface area contributed by atoms with Gasteiger partial charge in [0.1, 0.15) is 0 Å². The van der Waals surface area contributed by atoms with Gasteiger partial charge in [0.2, 0.25) is 0 Å². The molecular weight excluding hydrogens is 272 g/mol. The van der Waals surface area contributed by atoms with Gasteiger partial charge in [-0.3, -0.25) is 0 Å². The molecule has 0 aromatic carbocycles. The van der Waals surface area contributed by atoms with Crippen molar-refractivity contribution < 1.29 is 5.11 Å². The number of thiazole rings is 1. The van der Waals surface area contributed by atoms with E-state index in [1.807, 2.05) is 13.1 Å². The summed E-state index contributed by atoms with van der Waals surface area (Å²) < 4.78 is 0. The third kappa shape index (κ3) is 5.01. The predicted octanol–water partition coefficient (Wildman–Crippen LogP) is 1.25. The summed E-state index contributed by atoms with van der Waals surface area (Å²) in [7, 11) is 2.16. The summed E-state index contributed by atoms with van der Waals surface area (Å²) in [5.41, 5.74) is 5.66. The number of nitrogens with two attached hydrogens (primary N) is 1. The number of hydrogen-bond donors (Lipinski definition) is 2. The summed E-state index contributed by atoms with van der Waals surface area (Å²) in [6.07, 6.45) is 4.11. The molecule has 0 aliphatic carbocycles. The topological polar surface area (TPSA) is 65.6 Å². The number of piperidine rings is 1. The Hall–Kier alpha value is -0.690. The fourth-order valence-electron chi connectivity index (χ4n) is 2.89. The summed E-state index contributed by atoms with van der Waals surface area (Å²) in [5, 5.41) is 10.1. The lowest BCUT2D eigenvalue weighted by molar-refractivity contribution is 0.0920. The lowest BCUT2D eigenvalue weighted by atomic mass is 9.96. The number of nitrogens with zero attached hydrogens (tertiary/aromatic N) is 3. The Balaban J connectivity index is 1.69. The molecule has 1 fully saturated rings. The number of likely N-dealkylation sites (tertiary alicyclic amines) is 1. The number of aliphatic hydroxyl groups is 1. The first-order valence-electron chi connectivity index (χ1n) is 7.32. The van der Waals surface area contributed by atoms with Gasteiger partial charge in [0.25, 0.3) is 0 Å². The van der Waals surface area contributed by atoms with Crippen molar-refractivity contribution in [2.45, 2.75) is 32.4 Å². The number of anilines is 1. The van der Waals surface area contributed by atoms with Gasteiger partial charge in [0.05, 0.1) is 6.10 Å². The molecule has 114 valence electrons. The molecule has 0 radical (unpaired) electrons. The fourth-order valence-corrected chi connectivity index (χ4v) is 3.66. The zero-order valence-electron chi connectivity index (χ0n) is 12.5. The van der Waals surface area contributed by atoms with Gasteiger partial charge in [-0.2, -0.15) is 0 Å². The van der Waals surface area contributed by atoms with E-state index in [9.17, 15) is 5.11 Å². The Bertz CT molecular complexity index is 402. The zero-order chi connectivity index (χ0) is 14.5. The Morgan fingerprint density at radius 2 is 2.25 bits per heavy atom. The van der Waals surface area contributed by atoms with Crippen LogP contribution in [0, 0.1) is 5.92 Å². The van der Waals surface area contributed by atoms with E-state index in [-0.39, 0.29) is 6.10 Å². The Labute approximate surface area is 125 Å². The van der Waals surface area contributed by atoms with E-state index in [4.69, 9.17) is 5.73 Å². The number of nitrogen functional groups attached to an aromatic ring is 1. The standard InChI is InChI=1S/C14H26N4OS/c1-11(19)8-18-5-3-12(4-6-18)9-17(2)10-13-7-16-14(15)20-13/h7,11-12,19H,3-6,8-10H2,1-2H3,(H2,15,16). The highest BCUT2D eigenvalue weighted by molar-refractivity contribution is 7.15. The second kappa shape index (κ2) is 7.36. The molecule has 1 aromatic heterocycles. The smallest absolute Gasteiger partial charge is 0.180 e. The van der Waals surface area contributed by atoms with Crippen LogP contribution in [0.25, 0.3) is 0 Å². The van der Waals surface area contributed by atoms with Crippen LogP contribution in [0.4, 0.5) is 5.13 Å². The summed E-state index contributed by atoms with van der Waals surface area (Å²) in [4.78, 5) is 10.1. The number of aromatic nitrogens is 1. The van der Waals surface area contributed by atoms with Gasteiger partial charge >= 0.3 is 0 Å². The van der Waals surface area contributed by atoms with E-state index in [2.05, 4.69) is 21.8 Å². The molecule has 1 aliphatic rings. The van der Waals surface area contributed by atoms with Gasteiger partial charge in [0, 0.05) is 30.7 Å². The van der Waals surface area contributed by atoms with Crippen LogP contribution in [0.3, 0.4) is 0 Å². The van der Waals surface area contributed by atoms with E-state index in [0.717, 1.165) is 38.6 Å². The van der Waals surface area contributed by atoms with Crippen molar-refractivity contribution >= 4 is 16.5 Å². The Kier molecular flexibility index (Phi) is 5.77. The van der Waals surface area contributed by atoms with Crippen LogP contribution in [-0.4, -0.2) is 59.2 Å². The first-order chi connectivity index (χ1) is 9.52. The molecule has 2 rings (SSSR count). The van der Waals surface area contributed by atoms with Gasteiger partial charge in [-0.15, -0.1) is 11.3 Å². The highest BCUT2D eigenvalue weighted by Crippen LogP contribution is 2.20. The molecule has 1 aliphatic heterocycles. The summed E-state index contributed by atoms with van der Waals surface area (Å²) >= 11 is 1.57. The maximum absolute atomic E-state index is 9.42. The van der Waals surface area contributed by atoms with Crippen molar-refractivity contribution in [3.05, 3.63) is 11.1 Å². The lowest BCUT2D eigenvalue weighted by Gasteiger charge is -2.34. The maximum Gasteiger partial charge on any atom is 0.180 e. The molecule has 1 atom stereocenters. The summed E-state index contributed by atoms with van der Waals surface area (Å²) in [6.45, 7) is 6.94. The van der Waals surface area contributed by atoms with Gasteiger partial charge in [-0.25, -0.2) is 4.98 Å². The van der Waals surface area contributed by atoms with E-state index in [1.165, 1.54) is 17.7 Å². The highest BCUT2D eigenvalue weighted by Gasteiger charge is 2.21. The zero-order valence-corrected chi connectivity index (χ0v) is 13.3. The van der Waals surface area contributed by atoms with Gasteiger partial charge in [-0.05, 0) is 45.8 Å². The van der Waals surface area contributed by atoms with E-state index >= 15 is 0 Å². The molecule has 3 N–H and O–H groups in total. The number of rotatable bonds is 6. The monoisotopic (exact) mass is 298 g/mol. The first kappa shape index (κ1) is 15.7. The molecule has 0 bridgehead atoms. The van der Waals surface area contributed by atoms with E-state index in [1.54, 1.807) is 11.3 Å². The van der Waals surface area contributed by atoms with Gasteiger partial charge < -0.3 is 20.6 Å². The van der Waals surface area contributed by atoms with Crippen LogP contribution >= 0.6 is 11.3 Å². The van der Waals surface area contributed by atoms with Crippen molar-refractivity contribution in [1.29, 1.82) is 0 Å². The van der Waals surface area contributed by atoms with Crippen LogP contribution in [0.1, 0.15) is 24.6 Å². The molecule has 6 heteroatoms. The molecule has 1 aromatic rings. The van der Waals surface area contributed by atoms with Crippen LogP contribution in [-0.2, 0) is 6.54 Å². The molecule has 20 heavy (non-hydrogen) atoms. The average molecular weight is 298 g/mol.